The lowest BCUT2D eigenvalue weighted by Gasteiger charge is -2.16. The fraction of sp³-hybridized carbons (Fsp3) is 0.176. The van der Waals surface area contributed by atoms with Gasteiger partial charge in [0.2, 0.25) is 0 Å². The fourth-order valence-electron chi connectivity index (χ4n) is 2.37. The molecule has 0 aliphatic carbocycles. The molecular formula is C17H16ClNOS. The highest BCUT2D eigenvalue weighted by Gasteiger charge is 2.13. The quantitative estimate of drug-likeness (QED) is 0.732. The minimum absolute atomic E-state index is 0.0620. The molecule has 0 saturated carbocycles. The summed E-state index contributed by atoms with van der Waals surface area (Å²) in [5, 5.41) is 14.9. The van der Waals surface area contributed by atoms with Crippen LogP contribution in [0.1, 0.15) is 16.5 Å². The third-order valence-electron chi connectivity index (χ3n) is 3.50. The van der Waals surface area contributed by atoms with Crippen LogP contribution in [0.2, 0.25) is 5.02 Å². The second kappa shape index (κ2) is 6.58. The van der Waals surface area contributed by atoms with Crippen molar-refractivity contribution >= 4 is 33.0 Å². The van der Waals surface area contributed by atoms with Gasteiger partial charge in [0.15, 0.2) is 0 Å². The van der Waals surface area contributed by atoms with E-state index in [1.165, 1.54) is 4.70 Å². The fourth-order valence-corrected chi connectivity index (χ4v) is 3.82. The Morgan fingerprint density at radius 1 is 1.05 bits per heavy atom. The normalized spacial score (nSPS) is 12.7. The van der Waals surface area contributed by atoms with Crippen LogP contribution in [-0.4, -0.2) is 11.7 Å². The largest absolute Gasteiger partial charge is 0.394 e. The summed E-state index contributed by atoms with van der Waals surface area (Å²) < 4.78 is 1.19. The van der Waals surface area contributed by atoms with Gasteiger partial charge >= 0.3 is 0 Å². The third-order valence-corrected chi connectivity index (χ3v) is 5.21. The lowest BCUT2D eigenvalue weighted by atomic mass is 10.1. The SMILES string of the molecule is OC[C@H](NCc1sc2ccccc2c1Cl)c1ccccc1. The van der Waals surface area contributed by atoms with Crippen molar-refractivity contribution in [2.75, 3.05) is 6.61 Å². The van der Waals surface area contributed by atoms with E-state index in [0.29, 0.717) is 6.54 Å². The van der Waals surface area contributed by atoms with Crippen LogP contribution in [0.15, 0.2) is 54.6 Å². The molecular weight excluding hydrogens is 302 g/mol. The van der Waals surface area contributed by atoms with Gasteiger partial charge in [-0.15, -0.1) is 11.3 Å². The van der Waals surface area contributed by atoms with E-state index >= 15 is 0 Å². The summed E-state index contributed by atoms with van der Waals surface area (Å²) in [6.45, 7) is 0.713. The molecule has 0 aliphatic heterocycles. The van der Waals surface area contributed by atoms with Crippen molar-refractivity contribution in [2.45, 2.75) is 12.6 Å². The third kappa shape index (κ3) is 3.11. The summed E-state index contributed by atoms with van der Waals surface area (Å²) in [6, 6.07) is 18.0. The van der Waals surface area contributed by atoms with Gasteiger partial charge in [-0.25, -0.2) is 0 Å². The molecule has 0 radical (unpaired) electrons. The Morgan fingerprint density at radius 2 is 1.76 bits per heavy atom. The molecule has 0 fully saturated rings. The van der Waals surface area contributed by atoms with Crippen molar-refractivity contribution in [3.8, 4) is 0 Å². The summed E-state index contributed by atoms with van der Waals surface area (Å²) in [7, 11) is 0. The summed E-state index contributed by atoms with van der Waals surface area (Å²) in [6.07, 6.45) is 0. The maximum atomic E-state index is 9.57. The molecule has 2 aromatic carbocycles. The first kappa shape index (κ1) is 14.5. The van der Waals surface area contributed by atoms with Gasteiger partial charge in [-0.2, -0.15) is 0 Å². The number of hydrogen-bond donors (Lipinski definition) is 2. The maximum Gasteiger partial charge on any atom is 0.0636 e. The molecule has 0 unspecified atom stereocenters. The van der Waals surface area contributed by atoms with E-state index in [0.717, 1.165) is 20.8 Å². The molecule has 1 heterocycles. The minimum Gasteiger partial charge on any atom is -0.394 e. The first-order valence-corrected chi connectivity index (χ1v) is 8.04. The van der Waals surface area contributed by atoms with E-state index in [4.69, 9.17) is 11.6 Å². The Kier molecular flexibility index (Phi) is 4.56. The number of nitrogens with one attached hydrogen (secondary N) is 1. The molecule has 0 saturated heterocycles. The number of rotatable bonds is 5. The average molecular weight is 318 g/mol. The van der Waals surface area contributed by atoms with Gasteiger partial charge in [0.05, 0.1) is 17.7 Å². The Morgan fingerprint density at radius 3 is 2.48 bits per heavy atom. The van der Waals surface area contributed by atoms with Gasteiger partial charge in [0.25, 0.3) is 0 Å². The monoisotopic (exact) mass is 317 g/mol. The number of fused-ring (bicyclic) bond motifs is 1. The van der Waals surface area contributed by atoms with Crippen LogP contribution in [0.4, 0.5) is 0 Å². The van der Waals surface area contributed by atoms with Crippen molar-refractivity contribution < 1.29 is 5.11 Å². The number of hydrogen-bond acceptors (Lipinski definition) is 3. The minimum atomic E-state index is -0.0764. The zero-order valence-corrected chi connectivity index (χ0v) is 13.0. The van der Waals surface area contributed by atoms with Crippen LogP contribution in [0, 0.1) is 0 Å². The predicted molar refractivity (Wildman–Crippen MR) is 89.9 cm³/mol. The molecule has 21 heavy (non-hydrogen) atoms. The highest BCUT2D eigenvalue weighted by Crippen LogP contribution is 2.35. The number of thiophene rings is 1. The first-order chi connectivity index (χ1) is 10.3. The van der Waals surface area contributed by atoms with Crippen LogP contribution >= 0.6 is 22.9 Å². The molecule has 3 aromatic rings. The second-order valence-electron chi connectivity index (χ2n) is 4.86. The van der Waals surface area contributed by atoms with Crippen LogP contribution in [0.3, 0.4) is 0 Å². The molecule has 0 spiro atoms. The molecule has 3 rings (SSSR count). The lowest BCUT2D eigenvalue weighted by Crippen LogP contribution is -2.23. The summed E-state index contributed by atoms with van der Waals surface area (Å²) in [5.41, 5.74) is 1.08. The standard InChI is InChI=1S/C17H16ClNOS/c18-17-13-8-4-5-9-15(13)21-16(17)10-19-14(11-20)12-6-2-1-3-7-12/h1-9,14,19-20H,10-11H2/t14-/m0/s1. The number of halogens is 1. The molecule has 0 amide bonds. The van der Waals surface area contributed by atoms with Gasteiger partial charge < -0.3 is 10.4 Å². The molecule has 0 bridgehead atoms. The maximum absolute atomic E-state index is 9.57. The van der Waals surface area contributed by atoms with Gasteiger partial charge in [-0.1, -0.05) is 60.1 Å². The highest BCUT2D eigenvalue weighted by molar-refractivity contribution is 7.19. The van der Waals surface area contributed by atoms with Crippen LogP contribution < -0.4 is 5.32 Å². The zero-order chi connectivity index (χ0) is 14.7. The topological polar surface area (TPSA) is 32.3 Å². The van der Waals surface area contributed by atoms with E-state index in [-0.39, 0.29) is 12.6 Å². The molecule has 1 aromatic heterocycles. The average Bonchev–Trinajstić information content (AvgIpc) is 2.86. The summed E-state index contributed by atoms with van der Waals surface area (Å²) in [4.78, 5) is 1.10. The van der Waals surface area contributed by atoms with Gasteiger partial charge in [-0.05, 0) is 11.6 Å². The van der Waals surface area contributed by atoms with Crippen molar-refractivity contribution in [1.82, 2.24) is 5.32 Å². The van der Waals surface area contributed by atoms with Crippen LogP contribution in [-0.2, 0) is 6.54 Å². The van der Waals surface area contributed by atoms with E-state index in [2.05, 4.69) is 11.4 Å². The predicted octanol–water partition coefficient (Wildman–Crippen LogP) is 4.38. The van der Waals surface area contributed by atoms with Crippen molar-refractivity contribution in [2.24, 2.45) is 0 Å². The Labute approximate surface area is 133 Å². The van der Waals surface area contributed by atoms with Gasteiger partial charge in [0.1, 0.15) is 0 Å². The molecule has 0 aliphatic rings. The summed E-state index contributed by atoms with van der Waals surface area (Å²) >= 11 is 8.13. The van der Waals surface area contributed by atoms with Crippen molar-refractivity contribution in [3.63, 3.8) is 0 Å². The van der Waals surface area contributed by atoms with E-state index in [9.17, 15) is 5.11 Å². The first-order valence-electron chi connectivity index (χ1n) is 6.84. The lowest BCUT2D eigenvalue weighted by molar-refractivity contribution is 0.244. The molecule has 2 N–H and O–H groups in total. The molecule has 2 nitrogen and oxygen atoms in total. The van der Waals surface area contributed by atoms with Crippen molar-refractivity contribution in [1.29, 1.82) is 0 Å². The number of benzene rings is 2. The Bertz CT molecular complexity index is 726. The molecule has 108 valence electrons. The van der Waals surface area contributed by atoms with Crippen molar-refractivity contribution in [3.05, 3.63) is 70.1 Å². The smallest absolute Gasteiger partial charge is 0.0636 e. The number of aliphatic hydroxyl groups excluding tert-OH is 1. The van der Waals surface area contributed by atoms with E-state index in [1.54, 1.807) is 11.3 Å². The second-order valence-corrected chi connectivity index (χ2v) is 6.38. The van der Waals surface area contributed by atoms with Gasteiger partial charge in [-0.3, -0.25) is 0 Å². The van der Waals surface area contributed by atoms with Gasteiger partial charge in [0, 0.05) is 21.5 Å². The zero-order valence-electron chi connectivity index (χ0n) is 11.4. The number of aliphatic hydroxyl groups is 1. The highest BCUT2D eigenvalue weighted by atomic mass is 35.5. The Hall–Kier alpha value is -1.39. The summed E-state index contributed by atoms with van der Waals surface area (Å²) in [5.74, 6) is 0. The van der Waals surface area contributed by atoms with Crippen LogP contribution in [0.25, 0.3) is 10.1 Å². The van der Waals surface area contributed by atoms with Crippen LogP contribution in [0.5, 0.6) is 0 Å². The van der Waals surface area contributed by atoms with E-state index in [1.807, 2.05) is 48.5 Å². The Balaban J connectivity index is 1.78. The molecule has 1 atom stereocenters. The molecule has 4 heteroatoms. The van der Waals surface area contributed by atoms with E-state index < -0.39 is 0 Å².